The van der Waals surface area contributed by atoms with Gasteiger partial charge >= 0.3 is 0 Å². The van der Waals surface area contributed by atoms with E-state index in [0.29, 0.717) is 11.4 Å². The van der Waals surface area contributed by atoms with Crippen molar-refractivity contribution >= 4 is 23.2 Å². The number of ether oxygens (including phenoxy) is 1. The average molecular weight is 283 g/mol. The SMILES string of the molecule is COCc1cc(C(=O)Nc2ccc(O)c(Cl)c2)no1. The summed E-state index contributed by atoms with van der Waals surface area (Å²) in [5.74, 6) is -0.0345. The number of aromatic hydroxyl groups is 1. The number of methoxy groups -OCH3 is 1. The molecular formula is C12H11ClN2O4. The molecule has 0 atom stereocenters. The van der Waals surface area contributed by atoms with Gasteiger partial charge in [-0.15, -0.1) is 0 Å². The number of nitrogens with zero attached hydrogens (tertiary/aromatic N) is 1. The van der Waals surface area contributed by atoms with Gasteiger partial charge in [-0.3, -0.25) is 4.79 Å². The Labute approximate surface area is 113 Å². The molecule has 2 N–H and O–H groups in total. The van der Waals surface area contributed by atoms with E-state index in [0.717, 1.165) is 0 Å². The molecule has 0 saturated carbocycles. The first-order valence-corrected chi connectivity index (χ1v) is 5.72. The fraction of sp³-hybridized carbons (Fsp3) is 0.167. The van der Waals surface area contributed by atoms with Gasteiger partial charge in [-0.25, -0.2) is 0 Å². The second-order valence-electron chi connectivity index (χ2n) is 3.73. The molecule has 0 fully saturated rings. The molecule has 100 valence electrons. The van der Waals surface area contributed by atoms with Gasteiger partial charge in [-0.2, -0.15) is 0 Å². The molecule has 7 heteroatoms. The lowest BCUT2D eigenvalue weighted by Gasteiger charge is -2.04. The predicted molar refractivity (Wildman–Crippen MR) is 68.3 cm³/mol. The van der Waals surface area contributed by atoms with E-state index in [9.17, 15) is 9.90 Å². The number of phenolic OH excluding ortho intramolecular Hbond substituents is 1. The predicted octanol–water partition coefficient (Wildman–Crippen LogP) is 2.43. The number of hydrogen-bond donors (Lipinski definition) is 2. The van der Waals surface area contributed by atoms with Crippen molar-refractivity contribution in [2.45, 2.75) is 6.61 Å². The van der Waals surface area contributed by atoms with Crippen molar-refractivity contribution in [2.75, 3.05) is 12.4 Å². The summed E-state index contributed by atoms with van der Waals surface area (Å²) >= 11 is 5.74. The van der Waals surface area contributed by atoms with Crippen LogP contribution in [0.4, 0.5) is 5.69 Å². The van der Waals surface area contributed by atoms with Crippen LogP contribution in [-0.2, 0) is 11.3 Å². The molecule has 0 radical (unpaired) electrons. The molecule has 1 aromatic carbocycles. The van der Waals surface area contributed by atoms with Crippen LogP contribution in [0.2, 0.25) is 5.02 Å². The number of nitrogens with one attached hydrogen (secondary N) is 1. The maximum Gasteiger partial charge on any atom is 0.277 e. The maximum atomic E-state index is 11.8. The average Bonchev–Trinajstić information content (AvgIpc) is 2.83. The Kier molecular flexibility index (Phi) is 4.03. The topological polar surface area (TPSA) is 84.6 Å². The summed E-state index contributed by atoms with van der Waals surface area (Å²) in [5, 5.41) is 15.6. The van der Waals surface area contributed by atoms with E-state index in [1.54, 1.807) is 0 Å². The van der Waals surface area contributed by atoms with Gasteiger partial charge in [0.15, 0.2) is 11.5 Å². The van der Waals surface area contributed by atoms with E-state index in [-0.39, 0.29) is 23.1 Å². The second-order valence-corrected chi connectivity index (χ2v) is 4.14. The van der Waals surface area contributed by atoms with Crippen LogP contribution in [0.1, 0.15) is 16.2 Å². The van der Waals surface area contributed by atoms with Gasteiger partial charge in [0.2, 0.25) is 0 Å². The Hall–Kier alpha value is -2.05. The summed E-state index contributed by atoms with van der Waals surface area (Å²) in [4.78, 5) is 11.8. The Bertz CT molecular complexity index is 597. The highest BCUT2D eigenvalue weighted by Crippen LogP contribution is 2.26. The maximum absolute atomic E-state index is 11.8. The van der Waals surface area contributed by atoms with Gasteiger partial charge < -0.3 is 19.7 Å². The van der Waals surface area contributed by atoms with E-state index in [2.05, 4.69) is 10.5 Å². The van der Waals surface area contributed by atoms with Crippen molar-refractivity contribution < 1.29 is 19.2 Å². The third-order valence-corrected chi connectivity index (χ3v) is 2.59. The molecule has 0 unspecified atom stereocenters. The molecule has 0 aliphatic rings. The summed E-state index contributed by atoms with van der Waals surface area (Å²) in [5.41, 5.74) is 0.584. The Balaban J connectivity index is 2.09. The largest absolute Gasteiger partial charge is 0.506 e. The van der Waals surface area contributed by atoms with E-state index >= 15 is 0 Å². The molecule has 6 nitrogen and oxygen atoms in total. The van der Waals surface area contributed by atoms with Crippen LogP contribution in [0.25, 0.3) is 0 Å². The van der Waals surface area contributed by atoms with E-state index in [1.165, 1.54) is 31.4 Å². The quantitative estimate of drug-likeness (QED) is 0.841. The van der Waals surface area contributed by atoms with Crippen LogP contribution in [0.3, 0.4) is 0 Å². The van der Waals surface area contributed by atoms with Crippen molar-refractivity contribution in [1.29, 1.82) is 0 Å². The molecular weight excluding hydrogens is 272 g/mol. The van der Waals surface area contributed by atoms with Crippen molar-refractivity contribution in [3.05, 3.63) is 40.7 Å². The van der Waals surface area contributed by atoms with Crippen molar-refractivity contribution in [3.63, 3.8) is 0 Å². The number of phenols is 1. The molecule has 1 aromatic heterocycles. The minimum Gasteiger partial charge on any atom is -0.506 e. The minimum absolute atomic E-state index is 0.0523. The van der Waals surface area contributed by atoms with E-state index in [1.807, 2.05) is 0 Å². The third kappa shape index (κ3) is 3.24. The molecule has 0 spiro atoms. The molecule has 1 heterocycles. The molecule has 0 aliphatic carbocycles. The number of aromatic nitrogens is 1. The fourth-order valence-corrected chi connectivity index (χ4v) is 1.59. The van der Waals surface area contributed by atoms with Crippen molar-refractivity contribution in [2.24, 2.45) is 0 Å². The van der Waals surface area contributed by atoms with Gasteiger partial charge in [0.1, 0.15) is 12.4 Å². The number of amides is 1. The second kappa shape index (κ2) is 5.73. The molecule has 1 amide bonds. The zero-order valence-corrected chi connectivity index (χ0v) is 10.8. The number of benzene rings is 1. The molecule has 2 aromatic rings. The van der Waals surface area contributed by atoms with Gasteiger partial charge in [-0.1, -0.05) is 16.8 Å². The van der Waals surface area contributed by atoms with Gasteiger partial charge in [0.05, 0.1) is 5.02 Å². The van der Waals surface area contributed by atoms with Crippen LogP contribution in [0, 0.1) is 0 Å². The third-order valence-electron chi connectivity index (χ3n) is 2.28. The highest BCUT2D eigenvalue weighted by molar-refractivity contribution is 6.32. The number of anilines is 1. The van der Waals surface area contributed by atoms with Crippen LogP contribution < -0.4 is 5.32 Å². The molecule has 19 heavy (non-hydrogen) atoms. The number of hydrogen-bond acceptors (Lipinski definition) is 5. The van der Waals surface area contributed by atoms with Crippen LogP contribution in [0.15, 0.2) is 28.8 Å². The Morgan fingerprint density at radius 1 is 1.53 bits per heavy atom. The smallest absolute Gasteiger partial charge is 0.277 e. The highest BCUT2D eigenvalue weighted by Gasteiger charge is 2.13. The van der Waals surface area contributed by atoms with Crippen LogP contribution in [0.5, 0.6) is 5.75 Å². The normalized spacial score (nSPS) is 10.4. The monoisotopic (exact) mass is 282 g/mol. The fourth-order valence-electron chi connectivity index (χ4n) is 1.41. The van der Waals surface area contributed by atoms with Gasteiger partial charge in [0, 0.05) is 18.9 Å². The zero-order chi connectivity index (χ0) is 13.8. The Morgan fingerprint density at radius 3 is 3.00 bits per heavy atom. The van der Waals surface area contributed by atoms with Crippen LogP contribution in [-0.4, -0.2) is 23.3 Å². The first-order chi connectivity index (χ1) is 9.10. The van der Waals surface area contributed by atoms with Gasteiger partial charge in [-0.05, 0) is 18.2 Å². The standard InChI is InChI=1S/C12H11ClN2O4/c1-18-6-8-5-10(15-19-8)12(17)14-7-2-3-11(16)9(13)4-7/h2-5,16H,6H2,1H3,(H,14,17). The Morgan fingerprint density at radius 2 is 2.32 bits per heavy atom. The van der Waals surface area contributed by atoms with Crippen molar-refractivity contribution in [3.8, 4) is 5.75 Å². The van der Waals surface area contributed by atoms with Crippen molar-refractivity contribution in [1.82, 2.24) is 5.16 Å². The highest BCUT2D eigenvalue weighted by atomic mass is 35.5. The number of halogens is 1. The first-order valence-electron chi connectivity index (χ1n) is 5.34. The van der Waals surface area contributed by atoms with E-state index < -0.39 is 5.91 Å². The molecule has 2 rings (SSSR count). The molecule has 0 saturated heterocycles. The molecule has 0 bridgehead atoms. The lowest BCUT2D eigenvalue weighted by molar-refractivity contribution is 0.101. The molecule has 0 aliphatic heterocycles. The summed E-state index contributed by atoms with van der Waals surface area (Å²) in [7, 11) is 1.51. The van der Waals surface area contributed by atoms with Crippen LogP contribution >= 0.6 is 11.6 Å². The number of carbonyl (C=O) groups is 1. The van der Waals surface area contributed by atoms with Gasteiger partial charge in [0.25, 0.3) is 5.91 Å². The first kappa shape index (κ1) is 13.4. The minimum atomic E-state index is -0.437. The van der Waals surface area contributed by atoms with E-state index in [4.69, 9.17) is 20.9 Å². The number of rotatable bonds is 4. The lowest BCUT2D eigenvalue weighted by atomic mass is 10.3. The summed E-state index contributed by atoms with van der Waals surface area (Å²) in [6.07, 6.45) is 0. The summed E-state index contributed by atoms with van der Waals surface area (Å²) < 4.78 is 9.76. The lowest BCUT2D eigenvalue weighted by Crippen LogP contribution is -2.12. The summed E-state index contributed by atoms with van der Waals surface area (Å²) in [6.45, 7) is 0.241. The number of carbonyl (C=O) groups excluding carboxylic acids is 1. The summed E-state index contributed by atoms with van der Waals surface area (Å²) in [6, 6.07) is 5.83. The zero-order valence-electron chi connectivity index (χ0n) is 10.0.